The molecule has 2 aromatic carbocycles. The highest BCUT2D eigenvalue weighted by Crippen LogP contribution is 2.42. The molecule has 5 heteroatoms. The number of carbonyl (C=O) groups excluding carboxylic acids is 2. The molecule has 23 heavy (non-hydrogen) atoms. The fourth-order valence-corrected chi connectivity index (χ4v) is 3.20. The summed E-state index contributed by atoms with van der Waals surface area (Å²) in [5.74, 6) is 1.93. The number of benzene rings is 2. The molecule has 0 bridgehead atoms. The second kappa shape index (κ2) is 4.62. The van der Waals surface area contributed by atoms with Crippen molar-refractivity contribution in [2.75, 3.05) is 16.8 Å². The van der Waals surface area contributed by atoms with E-state index in [4.69, 9.17) is 6.42 Å². The molecule has 0 saturated carbocycles. The smallest absolute Gasteiger partial charge is 0.279 e. The highest BCUT2D eigenvalue weighted by atomic mass is 16.2. The zero-order chi connectivity index (χ0) is 16.0. The summed E-state index contributed by atoms with van der Waals surface area (Å²) in [7, 11) is 0. The van der Waals surface area contributed by atoms with Crippen LogP contribution in [0.1, 0.15) is 15.9 Å². The van der Waals surface area contributed by atoms with Gasteiger partial charge in [0.15, 0.2) is 0 Å². The van der Waals surface area contributed by atoms with Crippen LogP contribution in [-0.4, -0.2) is 18.4 Å². The van der Waals surface area contributed by atoms with Crippen LogP contribution in [0.2, 0.25) is 0 Å². The lowest BCUT2D eigenvalue weighted by atomic mass is 9.96. The van der Waals surface area contributed by atoms with Gasteiger partial charge >= 0.3 is 0 Å². The van der Waals surface area contributed by atoms with Crippen molar-refractivity contribution in [1.29, 1.82) is 0 Å². The van der Waals surface area contributed by atoms with Gasteiger partial charge in [-0.2, -0.15) is 0 Å². The van der Waals surface area contributed by atoms with Crippen LogP contribution in [0.15, 0.2) is 48.5 Å². The normalized spacial score (nSPS) is 21.3. The first-order valence-electron chi connectivity index (χ1n) is 7.22. The third kappa shape index (κ3) is 1.69. The summed E-state index contributed by atoms with van der Waals surface area (Å²) in [6, 6.07) is 14.4. The van der Waals surface area contributed by atoms with E-state index in [1.54, 1.807) is 18.2 Å². The fourth-order valence-electron chi connectivity index (χ4n) is 3.20. The molecule has 0 fully saturated rings. The maximum atomic E-state index is 13.0. The maximum Gasteiger partial charge on any atom is 0.279 e. The highest BCUT2D eigenvalue weighted by Gasteiger charge is 2.54. The van der Waals surface area contributed by atoms with Crippen molar-refractivity contribution in [3.63, 3.8) is 0 Å². The van der Waals surface area contributed by atoms with Crippen LogP contribution >= 0.6 is 0 Å². The van der Waals surface area contributed by atoms with Crippen LogP contribution in [0.5, 0.6) is 0 Å². The van der Waals surface area contributed by atoms with Gasteiger partial charge in [-0.05, 0) is 18.2 Å². The molecule has 4 rings (SSSR count). The van der Waals surface area contributed by atoms with Crippen molar-refractivity contribution in [2.24, 2.45) is 0 Å². The first-order chi connectivity index (χ1) is 11.2. The van der Waals surface area contributed by atoms with Gasteiger partial charge in [0.25, 0.3) is 11.8 Å². The molecule has 2 aromatic rings. The second-order valence-corrected chi connectivity index (χ2v) is 5.49. The molecule has 0 saturated heterocycles. The van der Waals surface area contributed by atoms with Crippen LogP contribution in [0.4, 0.5) is 11.4 Å². The number of hydrogen-bond acceptors (Lipinski definition) is 3. The van der Waals surface area contributed by atoms with Crippen LogP contribution < -0.4 is 15.5 Å². The average Bonchev–Trinajstić information content (AvgIpc) is 2.78. The number of nitrogens with zero attached hydrogens (tertiary/aromatic N) is 1. The molecule has 1 spiro atoms. The summed E-state index contributed by atoms with van der Waals surface area (Å²) in [6.07, 6.45) is 5.40. The molecule has 1 atom stereocenters. The lowest BCUT2D eigenvalue weighted by molar-refractivity contribution is -0.123. The van der Waals surface area contributed by atoms with E-state index in [0.717, 1.165) is 0 Å². The van der Waals surface area contributed by atoms with Gasteiger partial charge in [0.1, 0.15) is 0 Å². The van der Waals surface area contributed by atoms with Gasteiger partial charge in [-0.1, -0.05) is 36.3 Å². The van der Waals surface area contributed by atoms with E-state index in [2.05, 4.69) is 16.6 Å². The number of nitrogens with one attached hydrogen (secondary N) is 2. The van der Waals surface area contributed by atoms with Gasteiger partial charge in [0.2, 0.25) is 5.66 Å². The van der Waals surface area contributed by atoms with Gasteiger partial charge in [-0.25, -0.2) is 0 Å². The monoisotopic (exact) mass is 303 g/mol. The van der Waals surface area contributed by atoms with Crippen molar-refractivity contribution < 1.29 is 9.59 Å². The molecule has 0 aliphatic carbocycles. The number of amides is 2. The van der Waals surface area contributed by atoms with Gasteiger partial charge in [0.05, 0.1) is 17.8 Å². The van der Waals surface area contributed by atoms with Gasteiger partial charge in [-0.3, -0.25) is 14.5 Å². The minimum absolute atomic E-state index is 0.150. The summed E-state index contributed by atoms with van der Waals surface area (Å²) < 4.78 is 0. The number of hydrogen-bond donors (Lipinski definition) is 2. The van der Waals surface area contributed by atoms with Crippen LogP contribution in [0.25, 0.3) is 0 Å². The minimum atomic E-state index is -1.31. The summed E-state index contributed by atoms with van der Waals surface area (Å²) in [5, 5.41) is 6.04. The third-order valence-electron chi connectivity index (χ3n) is 4.21. The summed E-state index contributed by atoms with van der Waals surface area (Å²) in [6.45, 7) is 0.150. The highest BCUT2D eigenvalue weighted by molar-refractivity contribution is 6.15. The van der Waals surface area contributed by atoms with E-state index < -0.39 is 5.66 Å². The molecule has 1 unspecified atom stereocenters. The SMILES string of the molecule is C#CCN1C(=O)C2(NC(=O)c3ccccc3N2)c2ccccc21. The van der Waals surface area contributed by atoms with E-state index >= 15 is 0 Å². The molecule has 2 aliphatic rings. The molecule has 2 amide bonds. The van der Waals surface area contributed by atoms with Crippen LogP contribution in [0.3, 0.4) is 0 Å². The van der Waals surface area contributed by atoms with E-state index in [1.165, 1.54) is 4.90 Å². The number of rotatable bonds is 1. The van der Waals surface area contributed by atoms with Crippen molar-refractivity contribution in [1.82, 2.24) is 5.32 Å². The third-order valence-corrected chi connectivity index (χ3v) is 4.21. The number of fused-ring (bicyclic) bond motifs is 3. The molecule has 112 valence electrons. The van der Waals surface area contributed by atoms with E-state index in [0.29, 0.717) is 22.5 Å². The topological polar surface area (TPSA) is 61.4 Å². The fraction of sp³-hybridized carbons (Fsp3) is 0.111. The first kappa shape index (κ1) is 13.4. The molecule has 2 aliphatic heterocycles. The quantitative estimate of drug-likeness (QED) is 0.788. The Morgan fingerprint density at radius 1 is 1.04 bits per heavy atom. The first-order valence-corrected chi connectivity index (χ1v) is 7.22. The largest absolute Gasteiger partial charge is 0.350 e. The van der Waals surface area contributed by atoms with Crippen molar-refractivity contribution >= 4 is 23.2 Å². The van der Waals surface area contributed by atoms with Gasteiger partial charge in [-0.15, -0.1) is 6.42 Å². The van der Waals surface area contributed by atoms with Gasteiger partial charge in [0, 0.05) is 11.3 Å². The predicted octanol–water partition coefficient (Wildman–Crippen LogP) is 1.67. The summed E-state index contributed by atoms with van der Waals surface area (Å²) in [4.78, 5) is 27.1. The van der Waals surface area contributed by atoms with Crippen molar-refractivity contribution in [3.8, 4) is 12.3 Å². The van der Waals surface area contributed by atoms with E-state index in [-0.39, 0.29) is 18.4 Å². The number of anilines is 2. The Hall–Kier alpha value is -3.26. The minimum Gasteiger partial charge on any atom is -0.350 e. The lowest BCUT2D eigenvalue weighted by Gasteiger charge is -2.36. The summed E-state index contributed by atoms with van der Waals surface area (Å²) in [5.41, 5.74) is 1.24. The molecule has 2 N–H and O–H groups in total. The Morgan fingerprint density at radius 2 is 1.78 bits per heavy atom. The predicted molar refractivity (Wildman–Crippen MR) is 86.8 cm³/mol. The zero-order valence-electron chi connectivity index (χ0n) is 12.2. The van der Waals surface area contributed by atoms with Crippen molar-refractivity contribution in [3.05, 3.63) is 59.7 Å². The van der Waals surface area contributed by atoms with Gasteiger partial charge < -0.3 is 10.6 Å². The molecule has 0 radical (unpaired) electrons. The lowest BCUT2D eigenvalue weighted by Crippen LogP contribution is -2.60. The average molecular weight is 303 g/mol. The Kier molecular flexibility index (Phi) is 2.69. The molecular formula is C18H13N3O2. The second-order valence-electron chi connectivity index (χ2n) is 5.49. The summed E-state index contributed by atoms with van der Waals surface area (Å²) >= 11 is 0. The molecule has 5 nitrogen and oxygen atoms in total. The van der Waals surface area contributed by atoms with E-state index in [9.17, 15) is 9.59 Å². The Labute approximate surface area is 133 Å². The number of para-hydroxylation sites is 2. The van der Waals surface area contributed by atoms with E-state index in [1.807, 2.05) is 30.3 Å². The standard InChI is InChI=1S/C18H13N3O2/c1-2-11-21-15-10-6-4-8-13(15)18(17(21)23)19-14-9-5-3-7-12(14)16(22)20-18/h1,3-10,19H,11H2,(H,20,22). The molecular weight excluding hydrogens is 290 g/mol. The molecule has 0 aromatic heterocycles. The Balaban J connectivity index is 1.91. The zero-order valence-corrected chi connectivity index (χ0v) is 12.2. The number of carbonyl (C=O) groups is 2. The Morgan fingerprint density at radius 3 is 2.61 bits per heavy atom. The number of terminal acetylenes is 1. The maximum absolute atomic E-state index is 13.0. The van der Waals surface area contributed by atoms with Crippen molar-refractivity contribution in [2.45, 2.75) is 5.66 Å². The van der Waals surface area contributed by atoms with Crippen LogP contribution in [0, 0.1) is 12.3 Å². The molecule has 2 heterocycles. The Bertz CT molecular complexity index is 884. The van der Waals surface area contributed by atoms with Crippen LogP contribution in [-0.2, 0) is 10.5 Å².